The van der Waals surface area contributed by atoms with Crippen LogP contribution in [0.1, 0.15) is 6.92 Å². The molecular weight excluding hydrogens is 270 g/mol. The number of halogens is 1. The highest BCUT2D eigenvalue weighted by molar-refractivity contribution is 6.28. The Bertz CT molecular complexity index is 571. The van der Waals surface area contributed by atoms with Crippen LogP contribution in [-0.4, -0.2) is 43.7 Å². The van der Waals surface area contributed by atoms with Gasteiger partial charge in [-0.15, -0.1) is 0 Å². The molecule has 9 heteroatoms. The van der Waals surface area contributed by atoms with E-state index in [-0.39, 0.29) is 23.1 Å². The highest BCUT2D eigenvalue weighted by Crippen LogP contribution is 2.09. The third kappa shape index (κ3) is 3.16. The fourth-order valence-electron chi connectivity index (χ4n) is 1.37. The fraction of sp³-hybridized carbons (Fsp3) is 0.300. The summed E-state index contributed by atoms with van der Waals surface area (Å²) in [5.41, 5.74) is 0. The third-order valence-electron chi connectivity index (χ3n) is 2.29. The third-order valence-corrected chi connectivity index (χ3v) is 2.46. The number of nitrogens with one attached hydrogen (secondary N) is 2. The molecule has 0 radical (unpaired) electrons. The maximum absolute atomic E-state index is 11.4. The van der Waals surface area contributed by atoms with Gasteiger partial charge in [-0.05, 0) is 24.6 Å². The predicted octanol–water partition coefficient (Wildman–Crippen LogP) is 0.257. The maximum atomic E-state index is 11.4. The molecule has 8 nitrogen and oxygen atoms in total. The maximum Gasteiger partial charge on any atom is 0.256 e. The van der Waals surface area contributed by atoms with Crippen LogP contribution < -0.4 is 10.6 Å². The van der Waals surface area contributed by atoms with Crippen molar-refractivity contribution in [1.82, 2.24) is 30.0 Å². The molecule has 2 N–H and O–H groups in total. The lowest BCUT2D eigenvalue weighted by Gasteiger charge is -2.12. The summed E-state index contributed by atoms with van der Waals surface area (Å²) in [6.07, 6.45) is 3.27. The summed E-state index contributed by atoms with van der Waals surface area (Å²) in [7, 11) is 1.55. The van der Waals surface area contributed by atoms with Crippen LogP contribution in [0.3, 0.4) is 0 Å². The van der Waals surface area contributed by atoms with Gasteiger partial charge in [-0.3, -0.25) is 4.79 Å². The molecule has 0 saturated carbocycles. The Kier molecular flexibility index (Phi) is 3.91. The second kappa shape index (κ2) is 5.61. The average Bonchev–Trinajstić information content (AvgIpc) is 2.90. The van der Waals surface area contributed by atoms with E-state index in [2.05, 4.69) is 30.7 Å². The first kappa shape index (κ1) is 13.2. The monoisotopic (exact) mass is 281 g/mol. The first-order valence-electron chi connectivity index (χ1n) is 5.50. The predicted molar refractivity (Wildman–Crippen MR) is 69.1 cm³/mol. The number of carbonyl (C=O) groups excluding carboxylic acids is 1. The van der Waals surface area contributed by atoms with Gasteiger partial charge in [0.15, 0.2) is 0 Å². The van der Waals surface area contributed by atoms with Crippen LogP contribution in [0, 0.1) is 0 Å². The number of amides is 1. The highest BCUT2D eigenvalue weighted by Gasteiger charge is 2.14. The molecule has 0 aromatic carbocycles. The summed E-state index contributed by atoms with van der Waals surface area (Å²) in [5.74, 6) is 0.301. The first-order chi connectivity index (χ1) is 9.10. The molecule has 2 aromatic heterocycles. The van der Waals surface area contributed by atoms with Crippen molar-refractivity contribution in [1.29, 1.82) is 0 Å². The van der Waals surface area contributed by atoms with Crippen molar-refractivity contribution >= 4 is 23.5 Å². The van der Waals surface area contributed by atoms with Gasteiger partial charge in [0.1, 0.15) is 6.04 Å². The zero-order chi connectivity index (χ0) is 13.8. The number of carbonyl (C=O) groups is 1. The van der Waals surface area contributed by atoms with E-state index in [1.807, 2.05) is 0 Å². The van der Waals surface area contributed by atoms with E-state index in [0.29, 0.717) is 0 Å². The zero-order valence-electron chi connectivity index (χ0n) is 10.3. The largest absolute Gasteiger partial charge is 0.357 e. The lowest BCUT2D eigenvalue weighted by atomic mass is 10.3. The Morgan fingerprint density at radius 1 is 1.42 bits per heavy atom. The molecule has 0 fully saturated rings. The number of likely N-dealkylation sites (N-methyl/N-ethyl adjacent to an activating group) is 1. The van der Waals surface area contributed by atoms with E-state index < -0.39 is 6.04 Å². The number of anilines is 1. The SMILES string of the molecule is CNC(=O)C(C)Nc1nc(Cl)nc(-n2cccn2)n1. The summed E-state index contributed by atoms with van der Waals surface area (Å²) in [6.45, 7) is 1.68. The van der Waals surface area contributed by atoms with Crippen LogP contribution in [0.15, 0.2) is 18.5 Å². The Labute approximate surface area is 114 Å². The summed E-state index contributed by atoms with van der Waals surface area (Å²) < 4.78 is 1.45. The minimum absolute atomic E-state index is 0.0205. The highest BCUT2D eigenvalue weighted by atomic mass is 35.5. The van der Waals surface area contributed by atoms with E-state index in [0.717, 1.165) is 0 Å². The number of hydrogen-bond donors (Lipinski definition) is 2. The van der Waals surface area contributed by atoms with Gasteiger partial charge in [0.05, 0.1) is 0 Å². The Balaban J connectivity index is 2.25. The molecule has 0 spiro atoms. The van der Waals surface area contributed by atoms with Crippen LogP contribution >= 0.6 is 11.6 Å². The van der Waals surface area contributed by atoms with Crippen LogP contribution in [0.2, 0.25) is 5.28 Å². The molecule has 19 heavy (non-hydrogen) atoms. The van der Waals surface area contributed by atoms with Crippen LogP contribution in [0.4, 0.5) is 5.95 Å². The molecule has 0 aliphatic heterocycles. The first-order valence-corrected chi connectivity index (χ1v) is 5.87. The molecule has 2 aromatic rings. The molecule has 1 amide bonds. The molecule has 0 saturated heterocycles. The van der Waals surface area contributed by atoms with Gasteiger partial charge in [-0.1, -0.05) is 0 Å². The molecule has 2 heterocycles. The normalized spacial score (nSPS) is 11.9. The van der Waals surface area contributed by atoms with Gasteiger partial charge in [0.25, 0.3) is 5.95 Å². The van der Waals surface area contributed by atoms with Crippen molar-refractivity contribution in [2.45, 2.75) is 13.0 Å². The lowest BCUT2D eigenvalue weighted by molar-refractivity contribution is -0.121. The minimum Gasteiger partial charge on any atom is -0.357 e. The molecular formula is C10H12ClN7O. The molecule has 1 atom stereocenters. The van der Waals surface area contributed by atoms with E-state index in [1.165, 1.54) is 4.68 Å². The quantitative estimate of drug-likeness (QED) is 0.834. The van der Waals surface area contributed by atoms with Crippen molar-refractivity contribution in [2.24, 2.45) is 0 Å². The van der Waals surface area contributed by atoms with Gasteiger partial charge in [-0.25, -0.2) is 4.68 Å². The van der Waals surface area contributed by atoms with Gasteiger partial charge in [0, 0.05) is 19.4 Å². The van der Waals surface area contributed by atoms with Crippen LogP contribution in [-0.2, 0) is 4.79 Å². The molecule has 0 aliphatic rings. The molecule has 0 bridgehead atoms. The fourth-order valence-corrected chi connectivity index (χ4v) is 1.53. The van der Waals surface area contributed by atoms with E-state index >= 15 is 0 Å². The smallest absolute Gasteiger partial charge is 0.256 e. The molecule has 100 valence electrons. The summed E-state index contributed by atoms with van der Waals surface area (Å²) in [5, 5.41) is 9.37. The minimum atomic E-state index is -0.492. The molecule has 2 rings (SSSR count). The summed E-state index contributed by atoms with van der Waals surface area (Å²) >= 11 is 5.82. The van der Waals surface area contributed by atoms with Crippen molar-refractivity contribution < 1.29 is 4.79 Å². The summed E-state index contributed by atoms with van der Waals surface area (Å²) in [6, 6.07) is 1.24. The number of aromatic nitrogens is 5. The average molecular weight is 282 g/mol. The van der Waals surface area contributed by atoms with Gasteiger partial charge < -0.3 is 10.6 Å². The van der Waals surface area contributed by atoms with Gasteiger partial charge in [-0.2, -0.15) is 20.1 Å². The molecule has 0 aliphatic carbocycles. The summed E-state index contributed by atoms with van der Waals surface area (Å²) in [4.78, 5) is 23.4. The van der Waals surface area contributed by atoms with Crippen LogP contribution in [0.5, 0.6) is 0 Å². The second-order valence-electron chi connectivity index (χ2n) is 3.66. The number of nitrogens with zero attached hydrogens (tertiary/aromatic N) is 5. The van der Waals surface area contributed by atoms with Crippen molar-refractivity contribution in [3.8, 4) is 5.95 Å². The zero-order valence-corrected chi connectivity index (χ0v) is 11.1. The van der Waals surface area contributed by atoms with E-state index in [1.54, 1.807) is 32.4 Å². The number of hydrogen-bond acceptors (Lipinski definition) is 6. The Hall–Kier alpha value is -2.22. The van der Waals surface area contributed by atoms with E-state index in [9.17, 15) is 4.79 Å². The standard InChI is InChI=1S/C10H12ClN7O/c1-6(7(19)12-2)14-9-15-8(11)16-10(17-9)18-5-3-4-13-18/h3-6H,1-2H3,(H,12,19)(H,14,15,16,17). The topological polar surface area (TPSA) is 97.6 Å². The van der Waals surface area contributed by atoms with Crippen LogP contribution in [0.25, 0.3) is 5.95 Å². The van der Waals surface area contributed by atoms with Gasteiger partial charge in [0.2, 0.25) is 17.1 Å². The Morgan fingerprint density at radius 2 is 2.21 bits per heavy atom. The molecule has 1 unspecified atom stereocenters. The van der Waals surface area contributed by atoms with Gasteiger partial charge >= 0.3 is 0 Å². The van der Waals surface area contributed by atoms with Crippen molar-refractivity contribution in [3.05, 3.63) is 23.7 Å². The number of rotatable bonds is 4. The van der Waals surface area contributed by atoms with E-state index in [4.69, 9.17) is 11.6 Å². The van der Waals surface area contributed by atoms with Crippen molar-refractivity contribution in [3.63, 3.8) is 0 Å². The van der Waals surface area contributed by atoms with Crippen molar-refractivity contribution in [2.75, 3.05) is 12.4 Å². The lowest BCUT2D eigenvalue weighted by Crippen LogP contribution is -2.35. The second-order valence-corrected chi connectivity index (χ2v) is 4.00. The Morgan fingerprint density at radius 3 is 2.84 bits per heavy atom.